The zero-order valence-corrected chi connectivity index (χ0v) is 11.4. The molecular formula is C14H24N2O2. The number of amides is 2. The largest absolute Gasteiger partial charge is 0.343 e. The normalized spacial score (nSPS) is 23.4. The Morgan fingerprint density at radius 3 is 2.50 bits per heavy atom. The number of likely N-dealkylation sites (tertiary alicyclic amines) is 2. The summed E-state index contributed by atoms with van der Waals surface area (Å²) in [5.41, 5.74) is 0. The lowest BCUT2D eigenvalue weighted by atomic mass is 10.2. The van der Waals surface area contributed by atoms with Crippen molar-refractivity contribution in [3.05, 3.63) is 0 Å². The van der Waals surface area contributed by atoms with Gasteiger partial charge in [-0.1, -0.05) is 6.42 Å². The highest BCUT2D eigenvalue weighted by atomic mass is 16.2. The lowest BCUT2D eigenvalue weighted by Crippen LogP contribution is -2.38. The van der Waals surface area contributed by atoms with E-state index >= 15 is 0 Å². The third-order valence-corrected chi connectivity index (χ3v) is 4.13. The highest BCUT2D eigenvalue weighted by Gasteiger charge is 2.25. The summed E-state index contributed by atoms with van der Waals surface area (Å²) in [5, 5.41) is 0. The van der Waals surface area contributed by atoms with Crippen molar-refractivity contribution >= 4 is 11.8 Å². The predicted molar refractivity (Wildman–Crippen MR) is 70.1 cm³/mol. The molecule has 2 aliphatic heterocycles. The predicted octanol–water partition coefficient (Wildman–Crippen LogP) is 1.79. The van der Waals surface area contributed by atoms with Crippen LogP contribution >= 0.6 is 0 Å². The van der Waals surface area contributed by atoms with Gasteiger partial charge < -0.3 is 9.80 Å². The van der Waals surface area contributed by atoms with Crippen LogP contribution in [0.3, 0.4) is 0 Å². The molecule has 0 aromatic heterocycles. The summed E-state index contributed by atoms with van der Waals surface area (Å²) in [6, 6.07) is 0.274. The van der Waals surface area contributed by atoms with Crippen molar-refractivity contribution in [1.29, 1.82) is 0 Å². The van der Waals surface area contributed by atoms with E-state index in [-0.39, 0.29) is 11.9 Å². The highest BCUT2D eigenvalue weighted by Crippen LogP contribution is 2.17. The van der Waals surface area contributed by atoms with Crippen LogP contribution in [0.15, 0.2) is 0 Å². The molecule has 0 spiro atoms. The topological polar surface area (TPSA) is 40.6 Å². The Bertz CT molecular complexity index is 317. The van der Waals surface area contributed by atoms with Gasteiger partial charge in [0.25, 0.3) is 0 Å². The third kappa shape index (κ3) is 3.24. The van der Waals surface area contributed by atoms with Crippen molar-refractivity contribution in [2.24, 2.45) is 0 Å². The van der Waals surface area contributed by atoms with Gasteiger partial charge in [-0.05, 0) is 32.6 Å². The summed E-state index contributed by atoms with van der Waals surface area (Å²) in [4.78, 5) is 27.5. The van der Waals surface area contributed by atoms with E-state index in [1.54, 1.807) is 0 Å². The van der Waals surface area contributed by atoms with Crippen LogP contribution in [-0.4, -0.2) is 47.3 Å². The van der Waals surface area contributed by atoms with E-state index in [4.69, 9.17) is 0 Å². The second-order valence-corrected chi connectivity index (χ2v) is 5.52. The van der Waals surface area contributed by atoms with E-state index in [0.717, 1.165) is 45.3 Å². The Morgan fingerprint density at radius 1 is 1.00 bits per heavy atom. The molecule has 0 aromatic rings. The van der Waals surface area contributed by atoms with E-state index < -0.39 is 0 Å². The second-order valence-electron chi connectivity index (χ2n) is 5.52. The zero-order valence-electron chi connectivity index (χ0n) is 11.4. The quantitative estimate of drug-likeness (QED) is 0.765. The number of carbonyl (C=O) groups is 2. The maximum Gasteiger partial charge on any atom is 0.222 e. The molecule has 0 N–H and O–H groups in total. The summed E-state index contributed by atoms with van der Waals surface area (Å²) in [7, 11) is 0. The summed E-state index contributed by atoms with van der Waals surface area (Å²) >= 11 is 0. The maximum absolute atomic E-state index is 11.9. The molecule has 2 heterocycles. The fraction of sp³-hybridized carbons (Fsp3) is 0.857. The molecule has 0 bridgehead atoms. The molecule has 4 heteroatoms. The van der Waals surface area contributed by atoms with Crippen LogP contribution in [0, 0.1) is 0 Å². The number of hydrogen-bond acceptors (Lipinski definition) is 2. The van der Waals surface area contributed by atoms with E-state index in [2.05, 4.69) is 6.92 Å². The van der Waals surface area contributed by atoms with Gasteiger partial charge in [0.2, 0.25) is 11.8 Å². The van der Waals surface area contributed by atoms with Crippen LogP contribution < -0.4 is 0 Å². The highest BCUT2D eigenvalue weighted by molar-refractivity contribution is 5.78. The first kappa shape index (κ1) is 13.4. The molecule has 2 saturated heterocycles. The molecule has 18 heavy (non-hydrogen) atoms. The van der Waals surface area contributed by atoms with Gasteiger partial charge >= 0.3 is 0 Å². The summed E-state index contributed by atoms with van der Waals surface area (Å²) in [6.07, 6.45) is 6.65. The van der Waals surface area contributed by atoms with E-state index in [0.29, 0.717) is 18.7 Å². The lowest BCUT2D eigenvalue weighted by Gasteiger charge is -2.27. The minimum absolute atomic E-state index is 0.274. The van der Waals surface area contributed by atoms with Crippen LogP contribution in [0.1, 0.15) is 51.9 Å². The maximum atomic E-state index is 11.9. The van der Waals surface area contributed by atoms with Crippen LogP contribution in [0.4, 0.5) is 0 Å². The molecule has 1 unspecified atom stereocenters. The van der Waals surface area contributed by atoms with E-state index in [1.165, 1.54) is 6.42 Å². The lowest BCUT2D eigenvalue weighted by molar-refractivity contribution is -0.131. The summed E-state index contributed by atoms with van der Waals surface area (Å²) < 4.78 is 0. The van der Waals surface area contributed by atoms with Crippen LogP contribution in [0.5, 0.6) is 0 Å². The fourth-order valence-corrected chi connectivity index (χ4v) is 2.91. The summed E-state index contributed by atoms with van der Waals surface area (Å²) in [6.45, 7) is 4.71. The Balaban J connectivity index is 1.79. The number of nitrogens with zero attached hydrogens (tertiary/aromatic N) is 2. The average molecular weight is 252 g/mol. The number of hydrogen-bond donors (Lipinski definition) is 0. The van der Waals surface area contributed by atoms with Crippen molar-refractivity contribution in [2.75, 3.05) is 19.6 Å². The molecule has 0 aromatic carbocycles. The fourth-order valence-electron chi connectivity index (χ4n) is 2.91. The van der Waals surface area contributed by atoms with Crippen LogP contribution in [0.2, 0.25) is 0 Å². The monoisotopic (exact) mass is 252 g/mol. The van der Waals surface area contributed by atoms with Gasteiger partial charge in [-0.15, -0.1) is 0 Å². The molecule has 4 nitrogen and oxygen atoms in total. The van der Waals surface area contributed by atoms with Gasteiger partial charge in [0, 0.05) is 38.5 Å². The molecule has 0 saturated carbocycles. The Hall–Kier alpha value is -1.06. The van der Waals surface area contributed by atoms with Gasteiger partial charge in [0.1, 0.15) is 0 Å². The zero-order chi connectivity index (χ0) is 13.0. The van der Waals surface area contributed by atoms with E-state index in [9.17, 15) is 9.59 Å². The first-order valence-corrected chi connectivity index (χ1v) is 7.26. The van der Waals surface area contributed by atoms with Crippen molar-refractivity contribution < 1.29 is 9.59 Å². The average Bonchev–Trinajstić information content (AvgIpc) is 2.67. The molecule has 2 fully saturated rings. The van der Waals surface area contributed by atoms with E-state index in [1.807, 2.05) is 9.80 Å². The van der Waals surface area contributed by atoms with Gasteiger partial charge in [-0.25, -0.2) is 0 Å². The number of rotatable bonds is 4. The first-order chi connectivity index (χ1) is 8.68. The molecule has 2 rings (SSSR count). The van der Waals surface area contributed by atoms with Gasteiger partial charge in [-0.2, -0.15) is 0 Å². The number of carbonyl (C=O) groups excluding carboxylic acids is 2. The van der Waals surface area contributed by atoms with Gasteiger partial charge in [0.05, 0.1) is 0 Å². The Labute approximate surface area is 109 Å². The molecule has 102 valence electrons. The molecule has 0 radical (unpaired) electrons. The molecule has 0 aliphatic carbocycles. The molecule has 2 amide bonds. The standard InChI is InChI=1S/C14H24N2O2/c1-12(16-10-5-7-14(16)18)8-11-15-9-4-2-3-6-13(15)17/h12H,2-11H2,1H3. The second kappa shape index (κ2) is 6.21. The van der Waals surface area contributed by atoms with Crippen molar-refractivity contribution in [3.8, 4) is 0 Å². The van der Waals surface area contributed by atoms with Crippen molar-refractivity contribution in [2.45, 2.75) is 57.9 Å². The third-order valence-electron chi connectivity index (χ3n) is 4.13. The Kier molecular flexibility index (Phi) is 4.61. The van der Waals surface area contributed by atoms with Gasteiger partial charge in [0.15, 0.2) is 0 Å². The first-order valence-electron chi connectivity index (χ1n) is 7.26. The summed E-state index contributed by atoms with van der Waals surface area (Å²) in [5.74, 6) is 0.581. The van der Waals surface area contributed by atoms with Crippen molar-refractivity contribution in [3.63, 3.8) is 0 Å². The molecule has 2 aliphatic rings. The smallest absolute Gasteiger partial charge is 0.222 e. The minimum Gasteiger partial charge on any atom is -0.343 e. The molecular weight excluding hydrogens is 228 g/mol. The van der Waals surface area contributed by atoms with Crippen molar-refractivity contribution in [1.82, 2.24) is 9.80 Å². The molecule has 1 atom stereocenters. The van der Waals surface area contributed by atoms with Crippen LogP contribution in [-0.2, 0) is 9.59 Å². The Morgan fingerprint density at radius 2 is 1.78 bits per heavy atom. The SMILES string of the molecule is CC(CCN1CCCCCC1=O)N1CCCC1=O. The van der Waals surface area contributed by atoms with Crippen LogP contribution in [0.25, 0.3) is 0 Å². The minimum atomic E-state index is 0.274. The van der Waals surface area contributed by atoms with Gasteiger partial charge in [-0.3, -0.25) is 9.59 Å².